The molecule has 0 aliphatic carbocycles. The predicted octanol–water partition coefficient (Wildman–Crippen LogP) is 3.44. The summed E-state index contributed by atoms with van der Waals surface area (Å²) in [5.41, 5.74) is -0.797. The van der Waals surface area contributed by atoms with Gasteiger partial charge in [0, 0.05) is 0 Å². The molecule has 0 saturated carbocycles. The maximum Gasteiger partial charge on any atom is 0.339 e. The van der Waals surface area contributed by atoms with Gasteiger partial charge in [0.15, 0.2) is 35.1 Å². The van der Waals surface area contributed by atoms with E-state index in [9.17, 15) is 27.2 Å². The standard InChI is InChI=1S/C17H13F4NO4/c1-8(16(23)22-12-5-4-10(18)14(20)15(12)21)26-17(24)9-3-6-13(25-2)11(19)7-9/h3-8H,1-2H3,(H,22,23)/t8-/m0/s1. The van der Waals surface area contributed by atoms with E-state index in [1.165, 1.54) is 26.2 Å². The van der Waals surface area contributed by atoms with Crippen molar-refractivity contribution in [2.45, 2.75) is 13.0 Å². The van der Waals surface area contributed by atoms with Gasteiger partial charge in [-0.25, -0.2) is 22.4 Å². The third kappa shape index (κ3) is 4.11. The lowest BCUT2D eigenvalue weighted by Gasteiger charge is -2.14. The summed E-state index contributed by atoms with van der Waals surface area (Å²) in [6.45, 7) is 1.17. The Bertz CT molecular complexity index is 857. The maximum absolute atomic E-state index is 13.6. The van der Waals surface area contributed by atoms with Gasteiger partial charge < -0.3 is 14.8 Å². The molecular weight excluding hydrogens is 358 g/mol. The van der Waals surface area contributed by atoms with Gasteiger partial charge in [-0.15, -0.1) is 0 Å². The van der Waals surface area contributed by atoms with Crippen LogP contribution in [0.4, 0.5) is 23.2 Å². The van der Waals surface area contributed by atoms with Crippen molar-refractivity contribution in [3.05, 3.63) is 59.2 Å². The van der Waals surface area contributed by atoms with Crippen LogP contribution in [0.5, 0.6) is 5.75 Å². The van der Waals surface area contributed by atoms with Crippen molar-refractivity contribution in [2.24, 2.45) is 0 Å². The molecule has 1 N–H and O–H groups in total. The van der Waals surface area contributed by atoms with Crippen molar-refractivity contribution in [2.75, 3.05) is 12.4 Å². The fourth-order valence-corrected chi connectivity index (χ4v) is 1.93. The highest BCUT2D eigenvalue weighted by Gasteiger charge is 2.22. The number of rotatable bonds is 5. The SMILES string of the molecule is COc1ccc(C(=O)O[C@@H](C)C(=O)Nc2ccc(F)c(F)c2F)cc1F. The first-order valence-electron chi connectivity index (χ1n) is 7.23. The Hall–Kier alpha value is -3.10. The van der Waals surface area contributed by atoms with Gasteiger partial charge in [0.05, 0.1) is 18.4 Å². The average Bonchev–Trinajstić information content (AvgIpc) is 2.61. The largest absolute Gasteiger partial charge is 0.494 e. The van der Waals surface area contributed by atoms with Crippen molar-refractivity contribution >= 4 is 17.6 Å². The normalized spacial score (nSPS) is 11.6. The number of nitrogens with one attached hydrogen (secondary N) is 1. The Balaban J connectivity index is 2.06. The van der Waals surface area contributed by atoms with Crippen LogP contribution < -0.4 is 10.1 Å². The molecule has 0 unspecified atom stereocenters. The molecule has 0 heterocycles. The molecule has 0 saturated heterocycles. The molecule has 0 aliphatic heterocycles. The number of methoxy groups -OCH3 is 1. The molecule has 0 radical (unpaired) electrons. The number of carbonyl (C=O) groups excluding carboxylic acids is 2. The van der Waals surface area contributed by atoms with Gasteiger partial charge in [0.1, 0.15) is 0 Å². The molecule has 0 aromatic heterocycles. The van der Waals surface area contributed by atoms with E-state index >= 15 is 0 Å². The minimum Gasteiger partial charge on any atom is -0.494 e. The second kappa shape index (κ2) is 7.85. The van der Waals surface area contributed by atoms with Crippen molar-refractivity contribution in [3.8, 4) is 5.75 Å². The highest BCUT2D eigenvalue weighted by molar-refractivity contribution is 5.97. The van der Waals surface area contributed by atoms with Crippen LogP contribution >= 0.6 is 0 Å². The molecular formula is C17H13F4NO4. The van der Waals surface area contributed by atoms with E-state index in [0.717, 1.165) is 12.1 Å². The van der Waals surface area contributed by atoms with Crippen molar-refractivity contribution < 1.29 is 36.6 Å². The number of ether oxygens (including phenoxy) is 2. The first-order valence-corrected chi connectivity index (χ1v) is 7.23. The summed E-state index contributed by atoms with van der Waals surface area (Å²) in [5.74, 6) is -7.64. The van der Waals surface area contributed by atoms with Crippen molar-refractivity contribution in [3.63, 3.8) is 0 Å². The van der Waals surface area contributed by atoms with Gasteiger partial charge in [-0.3, -0.25) is 4.79 Å². The molecule has 0 spiro atoms. The van der Waals surface area contributed by atoms with E-state index in [2.05, 4.69) is 0 Å². The van der Waals surface area contributed by atoms with E-state index in [4.69, 9.17) is 9.47 Å². The monoisotopic (exact) mass is 371 g/mol. The minimum absolute atomic E-state index is 0.0823. The summed E-state index contributed by atoms with van der Waals surface area (Å²) in [7, 11) is 1.25. The molecule has 0 aliphatic rings. The first-order chi connectivity index (χ1) is 12.2. The number of amides is 1. The van der Waals surface area contributed by atoms with Crippen molar-refractivity contribution in [1.82, 2.24) is 0 Å². The highest BCUT2D eigenvalue weighted by Crippen LogP contribution is 2.21. The predicted molar refractivity (Wildman–Crippen MR) is 82.8 cm³/mol. The molecule has 138 valence electrons. The van der Waals surface area contributed by atoms with Gasteiger partial charge in [-0.2, -0.15) is 0 Å². The van der Waals surface area contributed by atoms with E-state index in [-0.39, 0.29) is 11.3 Å². The third-order valence-corrected chi connectivity index (χ3v) is 3.33. The highest BCUT2D eigenvalue weighted by atomic mass is 19.2. The summed E-state index contributed by atoms with van der Waals surface area (Å²) in [6, 6.07) is 4.74. The van der Waals surface area contributed by atoms with Gasteiger partial charge in [-0.1, -0.05) is 0 Å². The number of hydrogen-bond acceptors (Lipinski definition) is 4. The fourth-order valence-electron chi connectivity index (χ4n) is 1.93. The lowest BCUT2D eigenvalue weighted by Crippen LogP contribution is -2.30. The van der Waals surface area contributed by atoms with Gasteiger partial charge in [0.25, 0.3) is 5.91 Å². The van der Waals surface area contributed by atoms with E-state index in [1.54, 1.807) is 0 Å². The van der Waals surface area contributed by atoms with Gasteiger partial charge in [0.2, 0.25) is 0 Å². The van der Waals surface area contributed by atoms with Crippen LogP contribution in [0, 0.1) is 23.3 Å². The lowest BCUT2D eigenvalue weighted by atomic mass is 10.2. The molecule has 9 heteroatoms. The lowest BCUT2D eigenvalue weighted by molar-refractivity contribution is -0.123. The molecule has 2 aromatic carbocycles. The topological polar surface area (TPSA) is 64.6 Å². The molecule has 2 aromatic rings. The third-order valence-electron chi connectivity index (χ3n) is 3.33. The second-order valence-electron chi connectivity index (χ2n) is 5.11. The summed E-state index contributed by atoms with van der Waals surface area (Å²) in [4.78, 5) is 23.9. The van der Waals surface area contributed by atoms with Crippen molar-refractivity contribution in [1.29, 1.82) is 0 Å². The Kier molecular flexibility index (Phi) is 5.81. The fraction of sp³-hybridized carbons (Fsp3) is 0.176. The van der Waals surface area contributed by atoms with Crippen LogP contribution in [-0.4, -0.2) is 25.1 Å². The zero-order valence-electron chi connectivity index (χ0n) is 13.6. The Morgan fingerprint density at radius 2 is 1.69 bits per heavy atom. The van der Waals surface area contributed by atoms with Crippen LogP contribution in [-0.2, 0) is 9.53 Å². The Morgan fingerprint density at radius 3 is 2.31 bits per heavy atom. The minimum atomic E-state index is -1.75. The van der Waals surface area contributed by atoms with Gasteiger partial charge in [-0.05, 0) is 37.3 Å². The average molecular weight is 371 g/mol. The van der Waals surface area contributed by atoms with Crippen LogP contribution in [0.2, 0.25) is 0 Å². The second-order valence-corrected chi connectivity index (χ2v) is 5.11. The van der Waals surface area contributed by atoms with E-state index in [1.807, 2.05) is 5.32 Å². The Morgan fingerprint density at radius 1 is 1.00 bits per heavy atom. The smallest absolute Gasteiger partial charge is 0.339 e. The molecule has 26 heavy (non-hydrogen) atoms. The number of benzene rings is 2. The number of esters is 1. The van der Waals surface area contributed by atoms with Gasteiger partial charge >= 0.3 is 5.97 Å². The van der Waals surface area contributed by atoms with E-state index < -0.39 is 46.9 Å². The number of carbonyl (C=O) groups is 2. The zero-order valence-corrected chi connectivity index (χ0v) is 13.6. The van der Waals surface area contributed by atoms with Crippen LogP contribution in [0.3, 0.4) is 0 Å². The Labute approximate surface area is 145 Å². The molecule has 1 atom stereocenters. The summed E-state index contributed by atoms with van der Waals surface area (Å²) in [6.07, 6.45) is -1.42. The zero-order chi connectivity index (χ0) is 19.4. The molecule has 5 nitrogen and oxygen atoms in total. The molecule has 0 bridgehead atoms. The number of hydrogen-bond donors (Lipinski definition) is 1. The maximum atomic E-state index is 13.6. The first kappa shape index (κ1) is 19.2. The van der Waals surface area contributed by atoms with Crippen LogP contribution in [0.1, 0.15) is 17.3 Å². The molecule has 0 fully saturated rings. The van der Waals surface area contributed by atoms with Crippen LogP contribution in [0.25, 0.3) is 0 Å². The summed E-state index contributed by atoms with van der Waals surface area (Å²) in [5, 5.41) is 1.97. The summed E-state index contributed by atoms with van der Waals surface area (Å²) >= 11 is 0. The molecule has 1 amide bonds. The van der Waals surface area contributed by atoms with Crippen LogP contribution in [0.15, 0.2) is 30.3 Å². The summed E-state index contributed by atoms with van der Waals surface area (Å²) < 4.78 is 62.7. The van der Waals surface area contributed by atoms with E-state index in [0.29, 0.717) is 6.07 Å². The quantitative estimate of drug-likeness (QED) is 0.497. The molecule has 2 rings (SSSR count). The number of halogens is 4. The number of anilines is 1.